The largest absolute Gasteiger partial charge is 0.370 e. The lowest BCUT2D eigenvalue weighted by Crippen LogP contribution is -2.16. The van der Waals surface area contributed by atoms with Gasteiger partial charge in [-0.15, -0.1) is 0 Å². The molecule has 1 heterocycles. The van der Waals surface area contributed by atoms with Gasteiger partial charge in [-0.3, -0.25) is 0 Å². The molecule has 0 radical (unpaired) electrons. The van der Waals surface area contributed by atoms with Crippen LogP contribution in [0.3, 0.4) is 0 Å². The van der Waals surface area contributed by atoms with Gasteiger partial charge in [-0.05, 0) is 61.1 Å². The number of aromatic nitrogens is 2. The Bertz CT molecular complexity index is 463. The van der Waals surface area contributed by atoms with E-state index in [2.05, 4.69) is 41.8 Å². The second-order valence-corrected chi connectivity index (χ2v) is 6.66. The highest BCUT2D eigenvalue weighted by molar-refractivity contribution is 14.1. The molecule has 0 saturated heterocycles. The second kappa shape index (κ2) is 8.27. The molecule has 1 N–H and O–H groups in total. The third-order valence-corrected chi connectivity index (χ3v) is 4.75. The van der Waals surface area contributed by atoms with Crippen molar-refractivity contribution in [3.05, 3.63) is 15.1 Å². The maximum atomic E-state index is 5.93. The van der Waals surface area contributed by atoms with E-state index in [-0.39, 0.29) is 6.10 Å². The first kappa shape index (κ1) is 16.9. The van der Waals surface area contributed by atoms with Gasteiger partial charge in [-0.1, -0.05) is 20.3 Å². The van der Waals surface area contributed by atoms with Gasteiger partial charge >= 0.3 is 0 Å². The Labute approximate surface area is 141 Å². The molecule has 0 aromatic carbocycles. The third kappa shape index (κ3) is 4.52. The minimum Gasteiger partial charge on any atom is -0.370 e. The Morgan fingerprint density at radius 3 is 2.57 bits per heavy atom. The molecule has 1 aliphatic carbocycles. The molecule has 1 saturated carbocycles. The number of rotatable bonds is 9. The fourth-order valence-corrected chi connectivity index (χ4v) is 3.10. The van der Waals surface area contributed by atoms with Crippen LogP contribution < -0.4 is 5.32 Å². The number of halogens is 1. The van der Waals surface area contributed by atoms with Crippen molar-refractivity contribution in [2.45, 2.75) is 59.0 Å². The fraction of sp³-hybridized carbons (Fsp3) is 0.750. The highest BCUT2D eigenvalue weighted by atomic mass is 127. The standard InChI is InChI=1S/C16H26IN3O/c1-4-7-12-13(17)15(18-10-5-2)20-16(19-12)14(21-6-3)11-8-9-11/h11,14H,4-10H2,1-3H3,(H,18,19,20). The van der Waals surface area contributed by atoms with Crippen molar-refractivity contribution >= 4 is 28.4 Å². The highest BCUT2D eigenvalue weighted by Crippen LogP contribution is 2.42. The van der Waals surface area contributed by atoms with Crippen LogP contribution in [0.4, 0.5) is 5.82 Å². The van der Waals surface area contributed by atoms with Gasteiger partial charge in [-0.25, -0.2) is 9.97 Å². The summed E-state index contributed by atoms with van der Waals surface area (Å²) >= 11 is 2.37. The molecule has 1 aliphatic rings. The van der Waals surface area contributed by atoms with Crippen LogP contribution in [0, 0.1) is 9.49 Å². The summed E-state index contributed by atoms with van der Waals surface area (Å²) in [6.45, 7) is 8.07. The lowest BCUT2D eigenvalue weighted by molar-refractivity contribution is 0.0399. The summed E-state index contributed by atoms with van der Waals surface area (Å²) in [6.07, 6.45) is 5.74. The van der Waals surface area contributed by atoms with Gasteiger partial charge in [-0.2, -0.15) is 0 Å². The summed E-state index contributed by atoms with van der Waals surface area (Å²) in [5.41, 5.74) is 1.16. The van der Waals surface area contributed by atoms with Gasteiger partial charge in [0.2, 0.25) is 0 Å². The van der Waals surface area contributed by atoms with E-state index in [0.717, 1.165) is 53.3 Å². The first-order valence-corrected chi connectivity index (χ1v) is 9.20. The molecule has 21 heavy (non-hydrogen) atoms. The smallest absolute Gasteiger partial charge is 0.160 e. The molecular formula is C16H26IN3O. The number of hydrogen-bond acceptors (Lipinski definition) is 4. The minimum atomic E-state index is 0.0739. The first-order chi connectivity index (χ1) is 10.2. The molecule has 4 nitrogen and oxygen atoms in total. The molecule has 0 amide bonds. The Balaban J connectivity index is 2.31. The summed E-state index contributed by atoms with van der Waals surface area (Å²) in [6, 6.07) is 0. The van der Waals surface area contributed by atoms with Crippen molar-refractivity contribution in [3.63, 3.8) is 0 Å². The number of nitrogens with one attached hydrogen (secondary N) is 1. The maximum absolute atomic E-state index is 5.93. The summed E-state index contributed by atoms with van der Waals surface area (Å²) in [5, 5.41) is 3.44. The van der Waals surface area contributed by atoms with Crippen LogP contribution >= 0.6 is 22.6 Å². The van der Waals surface area contributed by atoms with Crippen LogP contribution in [0.2, 0.25) is 0 Å². The predicted octanol–water partition coefficient (Wildman–Crippen LogP) is 4.34. The molecule has 1 aromatic rings. The Morgan fingerprint density at radius 1 is 1.24 bits per heavy atom. The van der Waals surface area contributed by atoms with Gasteiger partial charge in [0.1, 0.15) is 11.9 Å². The van der Waals surface area contributed by atoms with Crippen LogP contribution in [0.15, 0.2) is 0 Å². The molecule has 1 atom stereocenters. The van der Waals surface area contributed by atoms with Crippen LogP contribution in [0.5, 0.6) is 0 Å². The summed E-state index contributed by atoms with van der Waals surface area (Å²) in [5.74, 6) is 2.47. The average molecular weight is 403 g/mol. The Kier molecular flexibility index (Phi) is 6.67. The van der Waals surface area contributed by atoms with E-state index < -0.39 is 0 Å². The van der Waals surface area contributed by atoms with Crippen LogP contribution in [0.25, 0.3) is 0 Å². The van der Waals surface area contributed by atoms with Crippen LogP contribution in [0.1, 0.15) is 64.1 Å². The lowest BCUT2D eigenvalue weighted by Gasteiger charge is -2.18. The first-order valence-electron chi connectivity index (χ1n) is 8.12. The quantitative estimate of drug-likeness (QED) is 0.623. The van der Waals surface area contributed by atoms with Gasteiger partial charge in [0.25, 0.3) is 0 Å². The third-order valence-electron chi connectivity index (χ3n) is 3.62. The van der Waals surface area contributed by atoms with E-state index in [1.54, 1.807) is 0 Å². The van der Waals surface area contributed by atoms with E-state index in [9.17, 15) is 0 Å². The number of hydrogen-bond donors (Lipinski definition) is 1. The summed E-state index contributed by atoms with van der Waals surface area (Å²) in [7, 11) is 0. The van der Waals surface area contributed by atoms with Crippen molar-refractivity contribution in [3.8, 4) is 0 Å². The lowest BCUT2D eigenvalue weighted by atomic mass is 10.2. The van der Waals surface area contributed by atoms with Gasteiger partial charge < -0.3 is 10.1 Å². The number of ether oxygens (including phenoxy) is 1. The van der Waals surface area contributed by atoms with E-state index in [1.807, 2.05) is 6.92 Å². The van der Waals surface area contributed by atoms with Crippen molar-refractivity contribution in [1.82, 2.24) is 9.97 Å². The normalized spacial score (nSPS) is 16.0. The van der Waals surface area contributed by atoms with Crippen molar-refractivity contribution in [1.29, 1.82) is 0 Å². The fourth-order valence-electron chi connectivity index (χ4n) is 2.40. The molecule has 118 valence electrons. The Morgan fingerprint density at radius 2 is 2.00 bits per heavy atom. The molecule has 0 aliphatic heterocycles. The van der Waals surface area contributed by atoms with Crippen LogP contribution in [-0.4, -0.2) is 23.1 Å². The van der Waals surface area contributed by atoms with Gasteiger partial charge in [0, 0.05) is 13.2 Å². The molecular weight excluding hydrogens is 377 g/mol. The summed E-state index contributed by atoms with van der Waals surface area (Å²) in [4.78, 5) is 9.61. The van der Waals surface area contributed by atoms with E-state index >= 15 is 0 Å². The average Bonchev–Trinajstić information content (AvgIpc) is 3.30. The van der Waals surface area contributed by atoms with Gasteiger partial charge in [0.15, 0.2) is 5.82 Å². The summed E-state index contributed by atoms with van der Waals surface area (Å²) < 4.78 is 7.09. The Hall–Kier alpha value is -0.430. The molecule has 1 aromatic heterocycles. The number of nitrogens with zero attached hydrogens (tertiary/aromatic N) is 2. The van der Waals surface area contributed by atoms with E-state index in [0.29, 0.717) is 5.92 Å². The SMILES string of the molecule is CCCNc1nc(C(OCC)C2CC2)nc(CCC)c1I. The van der Waals surface area contributed by atoms with E-state index in [1.165, 1.54) is 12.8 Å². The van der Waals surface area contributed by atoms with Crippen molar-refractivity contribution < 1.29 is 4.74 Å². The van der Waals surface area contributed by atoms with Crippen LogP contribution in [-0.2, 0) is 11.2 Å². The van der Waals surface area contributed by atoms with Crippen molar-refractivity contribution in [2.75, 3.05) is 18.5 Å². The monoisotopic (exact) mass is 403 g/mol. The molecule has 2 rings (SSSR count). The second-order valence-electron chi connectivity index (χ2n) is 5.58. The number of anilines is 1. The molecule has 1 unspecified atom stereocenters. The van der Waals surface area contributed by atoms with Gasteiger partial charge in [0.05, 0.1) is 9.26 Å². The highest BCUT2D eigenvalue weighted by Gasteiger charge is 2.35. The molecule has 0 spiro atoms. The van der Waals surface area contributed by atoms with E-state index in [4.69, 9.17) is 14.7 Å². The number of aryl methyl sites for hydroxylation is 1. The zero-order valence-electron chi connectivity index (χ0n) is 13.3. The van der Waals surface area contributed by atoms with Crippen molar-refractivity contribution in [2.24, 2.45) is 5.92 Å². The topological polar surface area (TPSA) is 47.0 Å². The minimum absolute atomic E-state index is 0.0739. The molecule has 0 bridgehead atoms. The zero-order valence-corrected chi connectivity index (χ0v) is 15.4. The molecule has 5 heteroatoms. The molecule has 1 fully saturated rings. The zero-order chi connectivity index (χ0) is 15.2. The predicted molar refractivity (Wildman–Crippen MR) is 94.6 cm³/mol. The maximum Gasteiger partial charge on any atom is 0.160 e.